The Hall–Kier alpha value is 0.820. The first kappa shape index (κ1) is 12.9. The molecule has 1 rings (SSSR count). The van der Waals surface area contributed by atoms with Crippen molar-refractivity contribution in [2.45, 2.75) is 12.8 Å². The van der Waals surface area contributed by atoms with Crippen LogP contribution in [0.25, 0.3) is 0 Å². The van der Waals surface area contributed by atoms with Gasteiger partial charge in [0, 0.05) is 13.2 Å². The molecule has 0 aromatic rings. The third kappa shape index (κ3) is 4.13. The third-order valence-corrected chi connectivity index (χ3v) is 5.46. The molecule has 3 heteroatoms. The minimum absolute atomic E-state index is 0.252. The summed E-state index contributed by atoms with van der Waals surface area (Å²) in [5, 5.41) is 0. The van der Waals surface area contributed by atoms with Crippen molar-refractivity contribution in [3.63, 3.8) is 0 Å². The third-order valence-electron chi connectivity index (χ3n) is 2.86. The van der Waals surface area contributed by atoms with E-state index in [1.165, 1.54) is 25.2 Å². The number of hydrogen-bond donors (Lipinski definition) is 0. The van der Waals surface area contributed by atoms with Crippen molar-refractivity contribution in [1.29, 1.82) is 0 Å². The summed E-state index contributed by atoms with van der Waals surface area (Å²) in [5.41, 5.74) is 0.655. The van der Waals surface area contributed by atoms with Crippen LogP contribution in [0.1, 0.15) is 12.8 Å². The van der Waals surface area contributed by atoms with Gasteiger partial charge in [0.25, 0.3) is 0 Å². The Morgan fingerprint density at radius 3 is 1.71 bits per heavy atom. The molecule has 0 saturated carbocycles. The predicted octanol–water partition coefficient (Wildman–Crippen LogP) is 3.27. The minimum atomic E-state index is 0.252. The molecule has 0 bridgehead atoms. The number of rotatable bonds is 4. The predicted molar refractivity (Wildman–Crippen MR) is 69.8 cm³/mol. The molecule has 1 heterocycles. The molecule has 0 unspecified atom stereocenters. The average molecular weight is 234 g/mol. The van der Waals surface area contributed by atoms with Crippen LogP contribution in [-0.4, -0.2) is 52.2 Å². The van der Waals surface area contributed by atoms with Gasteiger partial charge in [0.15, 0.2) is 0 Å². The van der Waals surface area contributed by atoms with Gasteiger partial charge in [-0.3, -0.25) is 0 Å². The van der Waals surface area contributed by atoms with Crippen LogP contribution in [0.4, 0.5) is 0 Å². The van der Waals surface area contributed by atoms with Crippen LogP contribution in [0.2, 0.25) is 0 Å². The van der Waals surface area contributed by atoms with Crippen LogP contribution in [0, 0.1) is 5.41 Å². The lowest BCUT2D eigenvalue weighted by Gasteiger charge is -2.40. The molecule has 1 fully saturated rings. The summed E-state index contributed by atoms with van der Waals surface area (Å²) in [5.74, 6) is 0. The fourth-order valence-electron chi connectivity index (χ4n) is 2.51. The first-order chi connectivity index (χ1) is 6.54. The number of ether oxygens (including phenoxy) is 1. The summed E-state index contributed by atoms with van der Waals surface area (Å²) in [6, 6.07) is 0. The summed E-state index contributed by atoms with van der Waals surface area (Å²) in [6.45, 7) is 11.7. The van der Waals surface area contributed by atoms with E-state index in [0.29, 0.717) is 5.41 Å². The molecule has 1 saturated heterocycles. The quantitative estimate of drug-likeness (QED) is 0.678. The SMILES string of the molecule is CP(C)CC1(CP(C)C)CCOCC1. The topological polar surface area (TPSA) is 9.23 Å². The highest BCUT2D eigenvalue weighted by Crippen LogP contribution is 2.47. The monoisotopic (exact) mass is 234 g/mol. The molecule has 0 amide bonds. The van der Waals surface area contributed by atoms with Gasteiger partial charge < -0.3 is 4.74 Å². The Balaban J connectivity index is 2.57. The second-order valence-corrected chi connectivity index (χ2v) is 10.0. The van der Waals surface area contributed by atoms with Crippen LogP contribution >= 0.6 is 15.8 Å². The molecule has 0 aliphatic carbocycles. The van der Waals surface area contributed by atoms with Crippen molar-refractivity contribution in [1.82, 2.24) is 0 Å². The molecule has 0 spiro atoms. The molecule has 0 aromatic heterocycles. The van der Waals surface area contributed by atoms with Gasteiger partial charge in [0.2, 0.25) is 0 Å². The largest absolute Gasteiger partial charge is 0.381 e. The Kier molecular flexibility index (Phi) is 5.32. The highest BCUT2D eigenvalue weighted by Gasteiger charge is 2.33. The molecule has 0 radical (unpaired) electrons. The zero-order chi connectivity index (χ0) is 10.6. The van der Waals surface area contributed by atoms with Crippen LogP contribution in [0.15, 0.2) is 0 Å². The van der Waals surface area contributed by atoms with E-state index in [-0.39, 0.29) is 15.8 Å². The van der Waals surface area contributed by atoms with Gasteiger partial charge in [0.1, 0.15) is 0 Å². The Morgan fingerprint density at radius 2 is 1.36 bits per heavy atom. The van der Waals surface area contributed by atoms with Gasteiger partial charge >= 0.3 is 0 Å². The van der Waals surface area contributed by atoms with Gasteiger partial charge in [-0.2, -0.15) is 0 Å². The second-order valence-electron chi connectivity index (χ2n) is 5.09. The van der Waals surface area contributed by atoms with E-state index in [1.54, 1.807) is 0 Å². The van der Waals surface area contributed by atoms with Gasteiger partial charge in [-0.15, -0.1) is 15.8 Å². The van der Waals surface area contributed by atoms with E-state index >= 15 is 0 Å². The van der Waals surface area contributed by atoms with E-state index in [1.807, 2.05) is 0 Å². The normalized spacial score (nSPS) is 21.9. The molecular formula is C11H24OP2. The van der Waals surface area contributed by atoms with E-state index in [4.69, 9.17) is 4.74 Å². The lowest BCUT2D eigenvalue weighted by atomic mass is 9.84. The van der Waals surface area contributed by atoms with Gasteiger partial charge in [0.05, 0.1) is 0 Å². The fraction of sp³-hybridized carbons (Fsp3) is 1.00. The number of hydrogen-bond acceptors (Lipinski definition) is 1. The molecule has 1 aliphatic rings. The summed E-state index contributed by atoms with van der Waals surface area (Å²) >= 11 is 0. The van der Waals surface area contributed by atoms with Crippen molar-refractivity contribution in [2.24, 2.45) is 5.41 Å². The second kappa shape index (κ2) is 5.78. The average Bonchev–Trinajstić information content (AvgIpc) is 2.01. The molecule has 0 aromatic carbocycles. The highest BCUT2D eigenvalue weighted by molar-refractivity contribution is 7.57. The van der Waals surface area contributed by atoms with Crippen LogP contribution < -0.4 is 0 Å². The van der Waals surface area contributed by atoms with Gasteiger partial charge in [-0.25, -0.2) is 0 Å². The summed E-state index contributed by atoms with van der Waals surface area (Å²) < 4.78 is 5.50. The lowest BCUT2D eigenvalue weighted by molar-refractivity contribution is 0.0361. The highest BCUT2D eigenvalue weighted by atomic mass is 31.1. The smallest absolute Gasteiger partial charge is 0.0471 e. The molecule has 0 N–H and O–H groups in total. The minimum Gasteiger partial charge on any atom is -0.381 e. The van der Waals surface area contributed by atoms with Crippen molar-refractivity contribution < 1.29 is 4.74 Å². The van der Waals surface area contributed by atoms with Gasteiger partial charge in [-0.1, -0.05) is 0 Å². The zero-order valence-corrected chi connectivity index (χ0v) is 11.8. The standard InChI is InChI=1S/C11H24OP2/c1-13(2)9-11(10-14(3)4)5-7-12-8-6-11/h5-10H2,1-4H3. The van der Waals surface area contributed by atoms with Crippen LogP contribution in [-0.2, 0) is 4.74 Å². The summed E-state index contributed by atoms with van der Waals surface area (Å²) in [7, 11) is 0.505. The summed E-state index contributed by atoms with van der Waals surface area (Å²) in [6.07, 6.45) is 5.56. The maximum atomic E-state index is 5.50. The molecule has 0 atom stereocenters. The molecule has 84 valence electrons. The summed E-state index contributed by atoms with van der Waals surface area (Å²) in [4.78, 5) is 0. The van der Waals surface area contributed by atoms with Crippen molar-refractivity contribution in [3.05, 3.63) is 0 Å². The van der Waals surface area contributed by atoms with Crippen molar-refractivity contribution in [3.8, 4) is 0 Å². The first-order valence-electron chi connectivity index (χ1n) is 5.41. The molecule has 14 heavy (non-hydrogen) atoms. The van der Waals surface area contributed by atoms with Crippen molar-refractivity contribution >= 4 is 15.8 Å². The van der Waals surface area contributed by atoms with E-state index in [9.17, 15) is 0 Å². The Labute approximate surface area is 91.5 Å². The Morgan fingerprint density at radius 1 is 0.929 bits per heavy atom. The van der Waals surface area contributed by atoms with E-state index < -0.39 is 0 Å². The first-order valence-corrected chi connectivity index (χ1v) is 10.3. The zero-order valence-electron chi connectivity index (χ0n) is 10.0. The molecule has 1 nitrogen and oxygen atoms in total. The Bertz CT molecular complexity index is 151. The maximum absolute atomic E-state index is 5.50. The maximum Gasteiger partial charge on any atom is 0.0471 e. The van der Waals surface area contributed by atoms with Gasteiger partial charge in [-0.05, 0) is 57.2 Å². The van der Waals surface area contributed by atoms with Crippen LogP contribution in [0.3, 0.4) is 0 Å². The molecule has 1 aliphatic heterocycles. The van der Waals surface area contributed by atoms with Crippen molar-refractivity contribution in [2.75, 3.05) is 52.2 Å². The van der Waals surface area contributed by atoms with E-state index in [0.717, 1.165) is 13.2 Å². The fourth-order valence-corrected chi connectivity index (χ4v) is 6.23. The van der Waals surface area contributed by atoms with E-state index in [2.05, 4.69) is 26.7 Å². The lowest BCUT2D eigenvalue weighted by Crippen LogP contribution is -2.35. The van der Waals surface area contributed by atoms with Crippen LogP contribution in [0.5, 0.6) is 0 Å². The molecular weight excluding hydrogens is 210 g/mol.